The van der Waals surface area contributed by atoms with E-state index in [4.69, 9.17) is 14.5 Å². The van der Waals surface area contributed by atoms with Crippen LogP contribution in [-0.4, -0.2) is 66.9 Å². The maximum absolute atomic E-state index is 12.3. The number of para-hydroxylation sites is 2. The molecule has 0 radical (unpaired) electrons. The van der Waals surface area contributed by atoms with Crippen molar-refractivity contribution in [3.63, 3.8) is 0 Å². The van der Waals surface area contributed by atoms with E-state index < -0.39 is 0 Å². The number of hydrogen-bond donors (Lipinski definition) is 1. The van der Waals surface area contributed by atoms with Crippen molar-refractivity contribution in [3.8, 4) is 5.75 Å². The maximum atomic E-state index is 12.3. The van der Waals surface area contributed by atoms with Crippen molar-refractivity contribution in [1.29, 1.82) is 0 Å². The van der Waals surface area contributed by atoms with Crippen molar-refractivity contribution >= 4 is 23.0 Å². The molecule has 3 aromatic rings. The summed E-state index contributed by atoms with van der Waals surface area (Å²) in [5.41, 5.74) is 3.05. The van der Waals surface area contributed by atoms with Crippen LogP contribution in [0.15, 0.2) is 54.6 Å². The highest BCUT2D eigenvalue weighted by atomic mass is 16.5. The molecule has 1 amide bonds. The van der Waals surface area contributed by atoms with Gasteiger partial charge in [-0.3, -0.25) is 9.69 Å². The molecule has 2 heterocycles. The van der Waals surface area contributed by atoms with Crippen LogP contribution in [0.4, 0.5) is 0 Å². The summed E-state index contributed by atoms with van der Waals surface area (Å²) in [6.07, 6.45) is 4.02. The van der Waals surface area contributed by atoms with Gasteiger partial charge in [-0.25, -0.2) is 4.98 Å². The number of carbonyl (C=O) groups excluding carboxylic acids is 1. The van der Waals surface area contributed by atoms with Gasteiger partial charge in [0.25, 0.3) is 0 Å². The molecule has 1 aromatic heterocycles. The Labute approximate surface area is 188 Å². The first kappa shape index (κ1) is 22.0. The minimum Gasteiger partial charge on any atom is -0.497 e. The number of imidazole rings is 1. The van der Waals surface area contributed by atoms with Gasteiger partial charge in [-0.1, -0.05) is 24.3 Å². The molecule has 0 spiro atoms. The summed E-state index contributed by atoms with van der Waals surface area (Å²) in [5.74, 6) is 1.64. The first-order valence-electron chi connectivity index (χ1n) is 11.1. The van der Waals surface area contributed by atoms with E-state index in [0.29, 0.717) is 13.0 Å². The SMILES string of the molecule is COc1cccc(/C=C/C(=O)NCCc2nc3ccccc3n2CCN2CCOCC2)c1. The molecule has 4 rings (SSSR count). The first-order valence-corrected chi connectivity index (χ1v) is 11.1. The third-order valence-electron chi connectivity index (χ3n) is 5.65. The number of benzene rings is 2. The summed E-state index contributed by atoms with van der Waals surface area (Å²) in [7, 11) is 1.63. The van der Waals surface area contributed by atoms with E-state index >= 15 is 0 Å². The molecule has 1 aliphatic heterocycles. The van der Waals surface area contributed by atoms with Gasteiger partial charge in [0.2, 0.25) is 5.91 Å². The molecule has 1 N–H and O–H groups in total. The van der Waals surface area contributed by atoms with Crippen LogP contribution in [0, 0.1) is 0 Å². The quantitative estimate of drug-likeness (QED) is 0.525. The Bertz CT molecular complexity index is 1070. The van der Waals surface area contributed by atoms with Crippen molar-refractivity contribution in [2.75, 3.05) is 46.5 Å². The topological polar surface area (TPSA) is 68.6 Å². The zero-order valence-corrected chi connectivity index (χ0v) is 18.5. The standard InChI is InChI=1S/C25H30N4O3/c1-31-21-6-4-5-20(19-21)9-10-25(30)26-12-11-24-27-22-7-2-3-8-23(22)29(24)14-13-28-15-17-32-18-16-28/h2-10,19H,11-18H2,1H3,(H,26,30)/b10-9+. The molecule has 32 heavy (non-hydrogen) atoms. The number of carbonyl (C=O) groups is 1. The van der Waals surface area contributed by atoms with E-state index in [0.717, 1.165) is 67.6 Å². The molecule has 0 bridgehead atoms. The molecule has 0 atom stereocenters. The Morgan fingerprint density at radius 1 is 1.16 bits per heavy atom. The smallest absolute Gasteiger partial charge is 0.244 e. The molecule has 7 heteroatoms. The average molecular weight is 435 g/mol. The van der Waals surface area contributed by atoms with E-state index in [1.54, 1.807) is 19.3 Å². The molecule has 7 nitrogen and oxygen atoms in total. The number of fused-ring (bicyclic) bond motifs is 1. The van der Waals surface area contributed by atoms with Crippen LogP contribution in [0.2, 0.25) is 0 Å². The molecule has 1 aliphatic rings. The number of nitrogens with zero attached hydrogens (tertiary/aromatic N) is 3. The molecule has 0 saturated carbocycles. The van der Waals surface area contributed by atoms with Gasteiger partial charge in [-0.05, 0) is 35.9 Å². The fourth-order valence-corrected chi connectivity index (χ4v) is 3.91. The number of methoxy groups -OCH3 is 1. The normalized spacial score (nSPS) is 14.8. The number of ether oxygens (including phenoxy) is 2. The van der Waals surface area contributed by atoms with Crippen molar-refractivity contribution in [2.24, 2.45) is 0 Å². The van der Waals surface area contributed by atoms with Gasteiger partial charge in [0.1, 0.15) is 11.6 Å². The summed E-state index contributed by atoms with van der Waals surface area (Å²) in [6, 6.07) is 15.8. The van der Waals surface area contributed by atoms with Gasteiger partial charge in [-0.15, -0.1) is 0 Å². The minimum absolute atomic E-state index is 0.121. The van der Waals surface area contributed by atoms with Gasteiger partial charge in [0, 0.05) is 45.2 Å². The highest BCUT2D eigenvalue weighted by molar-refractivity contribution is 5.91. The van der Waals surface area contributed by atoms with E-state index in [9.17, 15) is 4.79 Å². The zero-order valence-electron chi connectivity index (χ0n) is 18.5. The fourth-order valence-electron chi connectivity index (χ4n) is 3.91. The number of hydrogen-bond acceptors (Lipinski definition) is 5. The predicted molar refractivity (Wildman–Crippen MR) is 126 cm³/mol. The summed E-state index contributed by atoms with van der Waals surface area (Å²) in [6.45, 7) is 5.91. The number of aromatic nitrogens is 2. The average Bonchev–Trinajstić information content (AvgIpc) is 3.19. The second kappa shape index (κ2) is 10.9. The van der Waals surface area contributed by atoms with Gasteiger partial charge in [0.05, 0.1) is 31.4 Å². The van der Waals surface area contributed by atoms with Gasteiger partial charge >= 0.3 is 0 Å². The maximum Gasteiger partial charge on any atom is 0.244 e. The van der Waals surface area contributed by atoms with E-state index in [-0.39, 0.29) is 5.91 Å². The molecule has 0 unspecified atom stereocenters. The van der Waals surface area contributed by atoms with E-state index in [1.165, 1.54) is 0 Å². The third kappa shape index (κ3) is 5.75. The van der Waals surface area contributed by atoms with Crippen LogP contribution in [0.5, 0.6) is 5.75 Å². The Hall–Kier alpha value is -3.16. The van der Waals surface area contributed by atoms with Gasteiger partial charge in [-0.2, -0.15) is 0 Å². The molecule has 1 fully saturated rings. The van der Waals surface area contributed by atoms with Gasteiger partial charge in [0.15, 0.2) is 0 Å². The van der Waals surface area contributed by atoms with Gasteiger partial charge < -0.3 is 19.4 Å². The lowest BCUT2D eigenvalue weighted by molar-refractivity contribution is -0.116. The van der Waals surface area contributed by atoms with Crippen LogP contribution < -0.4 is 10.1 Å². The monoisotopic (exact) mass is 434 g/mol. The number of morpholine rings is 1. The van der Waals surface area contributed by atoms with E-state index in [2.05, 4.69) is 20.9 Å². The van der Waals surface area contributed by atoms with Crippen molar-refractivity contribution in [1.82, 2.24) is 19.8 Å². The molecule has 1 saturated heterocycles. The summed E-state index contributed by atoms with van der Waals surface area (Å²) in [5, 5.41) is 2.97. The Morgan fingerprint density at radius 3 is 2.84 bits per heavy atom. The van der Waals surface area contributed by atoms with Crippen LogP contribution in [-0.2, 0) is 22.5 Å². The lowest BCUT2D eigenvalue weighted by Gasteiger charge is -2.27. The number of nitrogens with one attached hydrogen (secondary N) is 1. The second-order valence-corrected chi connectivity index (χ2v) is 7.77. The number of amides is 1. The lowest BCUT2D eigenvalue weighted by Crippen LogP contribution is -2.38. The highest BCUT2D eigenvalue weighted by Crippen LogP contribution is 2.17. The Balaban J connectivity index is 1.35. The van der Waals surface area contributed by atoms with Crippen LogP contribution in [0.3, 0.4) is 0 Å². The van der Waals surface area contributed by atoms with Crippen molar-refractivity contribution in [2.45, 2.75) is 13.0 Å². The third-order valence-corrected chi connectivity index (χ3v) is 5.65. The first-order chi connectivity index (χ1) is 15.7. The molecule has 168 valence electrons. The second-order valence-electron chi connectivity index (χ2n) is 7.77. The minimum atomic E-state index is -0.121. The predicted octanol–water partition coefficient (Wildman–Crippen LogP) is 2.75. The summed E-state index contributed by atoms with van der Waals surface area (Å²) < 4.78 is 13.0. The number of rotatable bonds is 9. The Kier molecular flexibility index (Phi) is 7.53. The molecule has 0 aliphatic carbocycles. The Morgan fingerprint density at radius 2 is 2.00 bits per heavy atom. The highest BCUT2D eigenvalue weighted by Gasteiger charge is 2.14. The largest absolute Gasteiger partial charge is 0.497 e. The van der Waals surface area contributed by atoms with Crippen LogP contribution in [0.1, 0.15) is 11.4 Å². The van der Waals surface area contributed by atoms with Crippen LogP contribution in [0.25, 0.3) is 17.1 Å². The van der Waals surface area contributed by atoms with Crippen molar-refractivity contribution in [3.05, 3.63) is 66.0 Å². The molecular formula is C25H30N4O3. The molecule has 2 aromatic carbocycles. The summed E-state index contributed by atoms with van der Waals surface area (Å²) >= 11 is 0. The van der Waals surface area contributed by atoms with Crippen LogP contribution >= 0.6 is 0 Å². The van der Waals surface area contributed by atoms with Crippen molar-refractivity contribution < 1.29 is 14.3 Å². The van der Waals surface area contributed by atoms with E-state index in [1.807, 2.05) is 42.5 Å². The lowest BCUT2D eigenvalue weighted by atomic mass is 10.2. The zero-order chi connectivity index (χ0) is 22.2. The fraction of sp³-hybridized carbons (Fsp3) is 0.360. The molecular weight excluding hydrogens is 404 g/mol. The summed E-state index contributed by atoms with van der Waals surface area (Å²) in [4.78, 5) is 19.5.